The van der Waals surface area contributed by atoms with Crippen molar-refractivity contribution in [2.45, 2.75) is 32.9 Å². The number of hydrogen-bond acceptors (Lipinski definition) is 5. The van der Waals surface area contributed by atoms with Crippen LogP contribution in [-0.2, 0) is 12.1 Å². The van der Waals surface area contributed by atoms with Crippen molar-refractivity contribution in [3.8, 4) is 5.75 Å². The highest BCUT2D eigenvalue weighted by Crippen LogP contribution is 2.25. The van der Waals surface area contributed by atoms with E-state index in [4.69, 9.17) is 4.52 Å². The van der Waals surface area contributed by atoms with Crippen molar-refractivity contribution in [1.82, 2.24) is 10.5 Å². The zero-order valence-corrected chi connectivity index (χ0v) is 12.0. The molecule has 1 heterocycles. The minimum absolute atomic E-state index is 0.0835. The number of nitrogens with zero attached hydrogens (tertiary/aromatic N) is 1. The molecule has 0 aliphatic heterocycles. The molecule has 1 aromatic heterocycles. The predicted octanol–water partition coefficient (Wildman–Crippen LogP) is 1.99. The first-order valence-electron chi connectivity index (χ1n) is 6.53. The van der Waals surface area contributed by atoms with E-state index in [0.29, 0.717) is 6.54 Å². The van der Waals surface area contributed by atoms with E-state index in [1.54, 1.807) is 18.2 Å². The number of benzene rings is 1. The first-order chi connectivity index (χ1) is 9.46. The van der Waals surface area contributed by atoms with Crippen molar-refractivity contribution in [3.05, 3.63) is 46.8 Å². The van der Waals surface area contributed by atoms with Gasteiger partial charge >= 0.3 is 0 Å². The Bertz CT molecular complexity index is 575. The molecule has 3 N–H and O–H groups in total. The Morgan fingerprint density at radius 1 is 1.35 bits per heavy atom. The van der Waals surface area contributed by atoms with Crippen molar-refractivity contribution in [2.75, 3.05) is 6.61 Å². The van der Waals surface area contributed by atoms with Crippen molar-refractivity contribution >= 4 is 0 Å². The first-order valence-corrected chi connectivity index (χ1v) is 6.53. The van der Waals surface area contributed by atoms with Crippen LogP contribution in [0.2, 0.25) is 0 Å². The quantitative estimate of drug-likeness (QED) is 0.778. The molecule has 0 aliphatic carbocycles. The second-order valence-corrected chi connectivity index (χ2v) is 5.20. The molecule has 2 rings (SSSR count). The summed E-state index contributed by atoms with van der Waals surface area (Å²) in [6.45, 7) is 6.09. The Morgan fingerprint density at radius 3 is 2.65 bits per heavy atom. The summed E-state index contributed by atoms with van der Waals surface area (Å²) < 4.78 is 5.13. The summed E-state index contributed by atoms with van der Waals surface area (Å²) >= 11 is 0. The van der Waals surface area contributed by atoms with Gasteiger partial charge in [0.05, 0.1) is 17.8 Å². The van der Waals surface area contributed by atoms with E-state index in [1.807, 2.05) is 26.8 Å². The smallest absolute Gasteiger partial charge is 0.138 e. The van der Waals surface area contributed by atoms with Crippen molar-refractivity contribution in [2.24, 2.45) is 0 Å². The molecule has 2 aromatic rings. The second-order valence-electron chi connectivity index (χ2n) is 5.20. The van der Waals surface area contributed by atoms with Gasteiger partial charge in [0.2, 0.25) is 0 Å². The summed E-state index contributed by atoms with van der Waals surface area (Å²) in [5.41, 5.74) is 2.01. The number of hydrogen-bond donors (Lipinski definition) is 3. The molecule has 0 aliphatic rings. The molecule has 0 saturated heterocycles. The number of phenolic OH excluding ortho intramolecular Hbond substituents is 1. The molecule has 5 heteroatoms. The maximum Gasteiger partial charge on any atom is 0.138 e. The van der Waals surface area contributed by atoms with E-state index >= 15 is 0 Å². The highest BCUT2D eigenvalue weighted by molar-refractivity contribution is 5.32. The van der Waals surface area contributed by atoms with Crippen LogP contribution in [-0.4, -0.2) is 22.0 Å². The molecule has 0 radical (unpaired) electrons. The number of aromatic nitrogens is 1. The molecule has 108 valence electrons. The number of aromatic hydroxyl groups is 1. The Morgan fingerprint density at radius 2 is 2.10 bits per heavy atom. The van der Waals surface area contributed by atoms with Crippen LogP contribution in [0.25, 0.3) is 0 Å². The lowest BCUT2D eigenvalue weighted by Gasteiger charge is -2.29. The van der Waals surface area contributed by atoms with Gasteiger partial charge in [0.25, 0.3) is 0 Å². The minimum atomic E-state index is -0.644. The summed E-state index contributed by atoms with van der Waals surface area (Å²) in [6, 6.07) is 6.89. The lowest BCUT2D eigenvalue weighted by atomic mass is 9.92. The summed E-state index contributed by atoms with van der Waals surface area (Å²) in [5, 5.41) is 26.5. The molecule has 1 atom stereocenters. The number of phenols is 1. The average molecular weight is 276 g/mol. The van der Waals surface area contributed by atoms with E-state index in [9.17, 15) is 10.2 Å². The highest BCUT2D eigenvalue weighted by Gasteiger charge is 2.26. The fourth-order valence-corrected chi connectivity index (χ4v) is 2.14. The van der Waals surface area contributed by atoms with Crippen LogP contribution in [0.4, 0.5) is 0 Å². The van der Waals surface area contributed by atoms with Crippen LogP contribution in [0, 0.1) is 13.8 Å². The first kappa shape index (κ1) is 14.6. The lowest BCUT2D eigenvalue weighted by molar-refractivity contribution is 0.173. The van der Waals surface area contributed by atoms with Crippen LogP contribution < -0.4 is 5.32 Å². The summed E-state index contributed by atoms with van der Waals surface area (Å²) in [4.78, 5) is 0. The maximum absolute atomic E-state index is 9.71. The Kier molecular flexibility index (Phi) is 4.11. The van der Waals surface area contributed by atoms with Gasteiger partial charge in [-0.2, -0.15) is 0 Å². The van der Waals surface area contributed by atoms with Gasteiger partial charge in [0.1, 0.15) is 11.5 Å². The zero-order chi connectivity index (χ0) is 14.8. The Labute approximate surface area is 118 Å². The van der Waals surface area contributed by atoms with Gasteiger partial charge in [-0.3, -0.25) is 0 Å². The Hall–Kier alpha value is -1.85. The summed E-state index contributed by atoms with van der Waals surface area (Å²) in [6.07, 6.45) is 0. The third-order valence-electron chi connectivity index (χ3n) is 3.64. The van der Waals surface area contributed by atoms with E-state index in [2.05, 4.69) is 10.5 Å². The monoisotopic (exact) mass is 276 g/mol. The molecule has 0 saturated carbocycles. The van der Waals surface area contributed by atoms with Gasteiger partial charge in [-0.25, -0.2) is 0 Å². The van der Waals surface area contributed by atoms with Crippen LogP contribution >= 0.6 is 0 Å². The SMILES string of the molecule is Cc1noc(C)c1CN[C@](C)(CO)c1cccc(O)c1. The number of aliphatic hydroxyl groups excluding tert-OH is 1. The molecule has 0 bridgehead atoms. The van der Waals surface area contributed by atoms with E-state index < -0.39 is 5.54 Å². The van der Waals surface area contributed by atoms with E-state index in [-0.39, 0.29) is 12.4 Å². The number of rotatable bonds is 5. The van der Waals surface area contributed by atoms with Gasteiger partial charge in [-0.05, 0) is 38.5 Å². The van der Waals surface area contributed by atoms with Gasteiger partial charge in [0.15, 0.2) is 0 Å². The van der Waals surface area contributed by atoms with E-state index in [1.165, 1.54) is 0 Å². The normalized spacial score (nSPS) is 14.2. The average Bonchev–Trinajstić information content (AvgIpc) is 2.75. The third-order valence-corrected chi connectivity index (χ3v) is 3.64. The van der Waals surface area contributed by atoms with Crippen LogP contribution in [0.1, 0.15) is 29.5 Å². The van der Waals surface area contributed by atoms with Gasteiger partial charge < -0.3 is 20.1 Å². The Balaban J connectivity index is 2.20. The molecule has 1 aromatic carbocycles. The predicted molar refractivity (Wildman–Crippen MR) is 75.4 cm³/mol. The topological polar surface area (TPSA) is 78.5 Å². The van der Waals surface area contributed by atoms with Crippen LogP contribution in [0.3, 0.4) is 0 Å². The van der Waals surface area contributed by atoms with Crippen LogP contribution in [0.5, 0.6) is 5.75 Å². The molecule has 0 amide bonds. The van der Waals surface area contributed by atoms with Gasteiger partial charge in [-0.1, -0.05) is 17.3 Å². The molecule has 5 nitrogen and oxygen atoms in total. The second kappa shape index (κ2) is 5.64. The van der Waals surface area contributed by atoms with Crippen LogP contribution in [0.15, 0.2) is 28.8 Å². The molecule has 0 unspecified atom stereocenters. The molecule has 20 heavy (non-hydrogen) atoms. The molecular weight excluding hydrogens is 256 g/mol. The fourth-order valence-electron chi connectivity index (χ4n) is 2.14. The highest BCUT2D eigenvalue weighted by atomic mass is 16.5. The van der Waals surface area contributed by atoms with Gasteiger partial charge in [0, 0.05) is 12.1 Å². The van der Waals surface area contributed by atoms with Gasteiger partial charge in [-0.15, -0.1) is 0 Å². The number of nitrogens with one attached hydrogen (secondary N) is 1. The third kappa shape index (κ3) is 2.84. The minimum Gasteiger partial charge on any atom is -0.508 e. The zero-order valence-electron chi connectivity index (χ0n) is 12.0. The molecular formula is C15H20N2O3. The lowest BCUT2D eigenvalue weighted by Crippen LogP contribution is -2.42. The fraction of sp³-hybridized carbons (Fsp3) is 0.400. The summed E-state index contributed by atoms with van der Waals surface area (Å²) in [7, 11) is 0. The standard InChI is InChI=1S/C15H20N2O3/c1-10-14(11(2)20-17-10)8-16-15(3,9-18)12-5-4-6-13(19)7-12/h4-7,16,18-19H,8-9H2,1-3H3/t15-/m1/s1. The summed E-state index contributed by atoms with van der Waals surface area (Å²) in [5.74, 6) is 0.951. The van der Waals surface area contributed by atoms with Crippen molar-refractivity contribution in [3.63, 3.8) is 0 Å². The maximum atomic E-state index is 9.71. The largest absolute Gasteiger partial charge is 0.508 e. The molecule has 0 fully saturated rings. The number of aryl methyl sites for hydroxylation is 2. The number of aliphatic hydroxyl groups is 1. The molecule has 0 spiro atoms. The van der Waals surface area contributed by atoms with E-state index in [0.717, 1.165) is 22.6 Å². The van der Waals surface area contributed by atoms with Crippen molar-refractivity contribution in [1.29, 1.82) is 0 Å². The van der Waals surface area contributed by atoms with Crippen molar-refractivity contribution < 1.29 is 14.7 Å².